The van der Waals surface area contributed by atoms with Gasteiger partial charge < -0.3 is 4.74 Å². The van der Waals surface area contributed by atoms with E-state index in [1.54, 1.807) is 7.11 Å². The zero-order valence-electron chi connectivity index (χ0n) is 8.92. The van der Waals surface area contributed by atoms with Crippen molar-refractivity contribution in [2.24, 2.45) is 0 Å². The molecular weight excluding hydrogens is 186 g/mol. The van der Waals surface area contributed by atoms with Crippen molar-refractivity contribution in [3.05, 3.63) is 29.3 Å². The molecule has 2 rings (SSSR count). The number of benzene rings is 1. The van der Waals surface area contributed by atoms with E-state index in [1.807, 2.05) is 12.1 Å². The quantitative estimate of drug-likeness (QED) is 0.754. The van der Waals surface area contributed by atoms with Crippen molar-refractivity contribution in [3.8, 4) is 18.1 Å². The van der Waals surface area contributed by atoms with E-state index in [-0.39, 0.29) is 0 Å². The molecule has 0 aliphatic heterocycles. The van der Waals surface area contributed by atoms with Crippen LogP contribution < -0.4 is 10.1 Å². The number of rotatable bonds is 3. The van der Waals surface area contributed by atoms with Crippen LogP contribution in [0.3, 0.4) is 0 Å². The minimum atomic E-state index is 0.395. The maximum Gasteiger partial charge on any atom is 0.122 e. The summed E-state index contributed by atoms with van der Waals surface area (Å²) in [6.45, 7) is 0.626. The van der Waals surface area contributed by atoms with Gasteiger partial charge in [-0.2, -0.15) is 0 Å². The van der Waals surface area contributed by atoms with Crippen molar-refractivity contribution in [1.29, 1.82) is 0 Å². The molecule has 0 aromatic heterocycles. The van der Waals surface area contributed by atoms with E-state index in [1.165, 1.54) is 11.1 Å². The maximum absolute atomic E-state index is 5.34. The molecule has 1 aromatic carbocycles. The average molecular weight is 201 g/mol. The number of hydrogen-bond acceptors (Lipinski definition) is 2. The highest BCUT2D eigenvalue weighted by Gasteiger charge is 2.23. The lowest BCUT2D eigenvalue weighted by Gasteiger charge is -2.12. The summed E-state index contributed by atoms with van der Waals surface area (Å²) in [6, 6.07) is 6.60. The summed E-state index contributed by atoms with van der Waals surface area (Å²) in [5.74, 6) is 3.61. The largest absolute Gasteiger partial charge is 0.496 e. The Kier molecular flexibility index (Phi) is 2.94. The third-order valence-corrected chi connectivity index (χ3v) is 2.90. The number of terminal acetylenes is 1. The first kappa shape index (κ1) is 10.1. The minimum Gasteiger partial charge on any atom is -0.496 e. The van der Waals surface area contributed by atoms with Crippen LogP contribution in [0.4, 0.5) is 0 Å². The SMILES string of the molecule is C#CCNC1CCc2c(OC)cccc21. The predicted octanol–water partition coefficient (Wildman–Crippen LogP) is 1.91. The molecule has 0 heterocycles. The number of nitrogens with one attached hydrogen (secondary N) is 1. The topological polar surface area (TPSA) is 21.3 Å². The lowest BCUT2D eigenvalue weighted by Crippen LogP contribution is -2.19. The lowest BCUT2D eigenvalue weighted by atomic mass is 10.1. The van der Waals surface area contributed by atoms with Crippen molar-refractivity contribution < 1.29 is 4.74 Å². The second-order valence-electron chi connectivity index (χ2n) is 3.70. The Morgan fingerprint density at radius 3 is 3.20 bits per heavy atom. The molecule has 0 spiro atoms. The Morgan fingerprint density at radius 1 is 1.60 bits per heavy atom. The van der Waals surface area contributed by atoms with E-state index < -0.39 is 0 Å². The van der Waals surface area contributed by atoms with Crippen LogP contribution in [0.25, 0.3) is 0 Å². The van der Waals surface area contributed by atoms with Crippen LogP contribution in [0.5, 0.6) is 5.75 Å². The summed E-state index contributed by atoms with van der Waals surface area (Å²) in [5, 5.41) is 3.35. The smallest absolute Gasteiger partial charge is 0.122 e. The summed E-state index contributed by atoms with van der Waals surface area (Å²) in [6.07, 6.45) is 7.43. The van der Waals surface area contributed by atoms with Gasteiger partial charge in [0.25, 0.3) is 0 Å². The van der Waals surface area contributed by atoms with Gasteiger partial charge in [0.05, 0.1) is 13.7 Å². The highest BCUT2D eigenvalue weighted by molar-refractivity contribution is 5.45. The molecule has 15 heavy (non-hydrogen) atoms. The van der Waals surface area contributed by atoms with Crippen LogP contribution in [0.15, 0.2) is 18.2 Å². The predicted molar refractivity (Wildman–Crippen MR) is 60.9 cm³/mol. The molecule has 1 aliphatic carbocycles. The average Bonchev–Trinajstić information content (AvgIpc) is 2.69. The minimum absolute atomic E-state index is 0.395. The van der Waals surface area contributed by atoms with E-state index >= 15 is 0 Å². The Labute approximate surface area is 90.6 Å². The molecule has 2 heteroatoms. The molecule has 0 bridgehead atoms. The Balaban J connectivity index is 2.24. The van der Waals surface area contributed by atoms with Gasteiger partial charge in [-0.3, -0.25) is 5.32 Å². The second kappa shape index (κ2) is 4.37. The molecule has 1 aliphatic rings. The van der Waals surface area contributed by atoms with E-state index in [2.05, 4.69) is 17.3 Å². The van der Waals surface area contributed by atoms with E-state index in [0.717, 1.165) is 18.6 Å². The first-order valence-electron chi connectivity index (χ1n) is 5.19. The normalized spacial score (nSPS) is 18.3. The molecule has 1 aromatic rings. The summed E-state index contributed by atoms with van der Waals surface area (Å²) in [7, 11) is 1.72. The summed E-state index contributed by atoms with van der Waals surface area (Å²) < 4.78 is 5.34. The summed E-state index contributed by atoms with van der Waals surface area (Å²) in [5.41, 5.74) is 2.67. The molecule has 0 amide bonds. The molecule has 0 saturated carbocycles. The molecule has 1 N–H and O–H groups in total. The van der Waals surface area contributed by atoms with E-state index in [0.29, 0.717) is 12.6 Å². The van der Waals surface area contributed by atoms with Gasteiger partial charge in [-0.15, -0.1) is 6.42 Å². The zero-order chi connectivity index (χ0) is 10.7. The molecule has 0 saturated heterocycles. The fraction of sp³-hybridized carbons (Fsp3) is 0.385. The van der Waals surface area contributed by atoms with Gasteiger partial charge in [-0.25, -0.2) is 0 Å². The van der Waals surface area contributed by atoms with Crippen LogP contribution in [0.1, 0.15) is 23.6 Å². The van der Waals surface area contributed by atoms with Crippen molar-refractivity contribution in [1.82, 2.24) is 5.32 Å². The molecule has 0 radical (unpaired) electrons. The number of ether oxygens (including phenoxy) is 1. The fourth-order valence-corrected chi connectivity index (χ4v) is 2.21. The fourth-order valence-electron chi connectivity index (χ4n) is 2.21. The van der Waals surface area contributed by atoms with Crippen LogP contribution in [0, 0.1) is 12.3 Å². The van der Waals surface area contributed by atoms with E-state index in [4.69, 9.17) is 11.2 Å². The summed E-state index contributed by atoms with van der Waals surface area (Å²) in [4.78, 5) is 0. The molecule has 1 atom stereocenters. The second-order valence-corrected chi connectivity index (χ2v) is 3.70. The number of hydrogen-bond donors (Lipinski definition) is 1. The van der Waals surface area contributed by atoms with Gasteiger partial charge in [-0.1, -0.05) is 18.1 Å². The van der Waals surface area contributed by atoms with Crippen molar-refractivity contribution >= 4 is 0 Å². The molecule has 78 valence electrons. The first-order valence-corrected chi connectivity index (χ1v) is 5.19. The summed E-state index contributed by atoms with van der Waals surface area (Å²) >= 11 is 0. The van der Waals surface area contributed by atoms with Gasteiger partial charge in [-0.05, 0) is 30.0 Å². The van der Waals surface area contributed by atoms with Crippen molar-refractivity contribution in [2.45, 2.75) is 18.9 Å². The van der Waals surface area contributed by atoms with E-state index in [9.17, 15) is 0 Å². The lowest BCUT2D eigenvalue weighted by molar-refractivity contribution is 0.410. The van der Waals surface area contributed by atoms with Crippen LogP contribution in [-0.4, -0.2) is 13.7 Å². The first-order chi connectivity index (χ1) is 7.36. The third-order valence-electron chi connectivity index (χ3n) is 2.90. The highest BCUT2D eigenvalue weighted by Crippen LogP contribution is 2.36. The number of fused-ring (bicyclic) bond motifs is 1. The molecular formula is C13H15NO. The zero-order valence-corrected chi connectivity index (χ0v) is 8.92. The van der Waals surface area contributed by atoms with Crippen LogP contribution in [-0.2, 0) is 6.42 Å². The van der Waals surface area contributed by atoms with Gasteiger partial charge >= 0.3 is 0 Å². The van der Waals surface area contributed by atoms with Gasteiger partial charge in [0.2, 0.25) is 0 Å². The Hall–Kier alpha value is -1.46. The number of methoxy groups -OCH3 is 1. The van der Waals surface area contributed by atoms with Crippen LogP contribution in [0.2, 0.25) is 0 Å². The Bertz CT molecular complexity index is 392. The third kappa shape index (κ3) is 1.84. The maximum atomic E-state index is 5.34. The molecule has 2 nitrogen and oxygen atoms in total. The van der Waals surface area contributed by atoms with Gasteiger partial charge in [0, 0.05) is 6.04 Å². The Morgan fingerprint density at radius 2 is 2.47 bits per heavy atom. The van der Waals surface area contributed by atoms with Gasteiger partial charge in [0.1, 0.15) is 5.75 Å². The van der Waals surface area contributed by atoms with Crippen molar-refractivity contribution in [2.75, 3.05) is 13.7 Å². The monoisotopic (exact) mass is 201 g/mol. The molecule has 1 unspecified atom stereocenters. The molecule has 0 fully saturated rings. The highest BCUT2D eigenvalue weighted by atomic mass is 16.5. The standard InChI is InChI=1S/C13H15NO/c1-3-9-14-12-8-7-11-10(12)5-4-6-13(11)15-2/h1,4-6,12,14H,7-9H2,2H3. The van der Waals surface area contributed by atoms with Crippen molar-refractivity contribution in [3.63, 3.8) is 0 Å². The van der Waals surface area contributed by atoms with Crippen LogP contribution >= 0.6 is 0 Å². The van der Waals surface area contributed by atoms with Gasteiger partial charge in [0.15, 0.2) is 0 Å².